The van der Waals surface area contributed by atoms with Crippen molar-refractivity contribution in [3.05, 3.63) is 64.3 Å². The Morgan fingerprint density at radius 2 is 1.76 bits per heavy atom. The van der Waals surface area contributed by atoms with Crippen LogP contribution in [0.2, 0.25) is 0 Å². The molecule has 0 fully saturated rings. The van der Waals surface area contributed by atoms with Crippen LogP contribution in [-0.4, -0.2) is 15.2 Å². The molecule has 128 valence electrons. The molecule has 6 heteroatoms. The minimum Gasteiger partial charge on any atom is -0.339 e. The van der Waals surface area contributed by atoms with Gasteiger partial charge in [0.15, 0.2) is 5.82 Å². The molecule has 1 aromatic heterocycles. The Morgan fingerprint density at radius 3 is 2.44 bits per heavy atom. The lowest BCUT2D eigenvalue weighted by Gasteiger charge is -2.10. The van der Waals surface area contributed by atoms with E-state index in [1.807, 2.05) is 37.3 Å². The molecule has 0 aliphatic rings. The second-order valence-electron chi connectivity index (χ2n) is 6.15. The molecule has 0 saturated carbocycles. The van der Waals surface area contributed by atoms with Gasteiger partial charge < -0.3 is 10.6 Å². The van der Waals surface area contributed by atoms with Crippen LogP contribution in [-0.2, 0) is 0 Å². The van der Waals surface area contributed by atoms with E-state index in [4.69, 9.17) is 0 Å². The number of nitrogens with zero attached hydrogens (tertiary/aromatic N) is 3. The summed E-state index contributed by atoms with van der Waals surface area (Å²) in [7, 11) is 0. The van der Waals surface area contributed by atoms with Gasteiger partial charge in [-0.25, -0.2) is 0 Å². The minimum atomic E-state index is 0.453. The Bertz CT molecular complexity index is 862. The van der Waals surface area contributed by atoms with Crippen molar-refractivity contribution in [2.75, 3.05) is 10.6 Å². The second kappa shape index (κ2) is 7.61. The van der Waals surface area contributed by atoms with E-state index >= 15 is 0 Å². The lowest BCUT2D eigenvalue weighted by atomic mass is 10.0. The van der Waals surface area contributed by atoms with E-state index in [0.717, 1.165) is 21.4 Å². The average molecular weight is 398 g/mol. The molecule has 0 aliphatic carbocycles. The normalized spacial score (nSPS) is 10.8. The largest absolute Gasteiger partial charge is 0.339 e. The van der Waals surface area contributed by atoms with Crippen LogP contribution in [0.25, 0.3) is 0 Å². The molecule has 0 atom stereocenters. The molecular weight excluding hydrogens is 378 g/mol. The summed E-state index contributed by atoms with van der Waals surface area (Å²) in [6.45, 7) is 6.39. The van der Waals surface area contributed by atoms with Gasteiger partial charge in [0.05, 0.1) is 6.20 Å². The summed E-state index contributed by atoms with van der Waals surface area (Å²) in [5.74, 6) is 1.61. The molecule has 0 aliphatic heterocycles. The molecule has 25 heavy (non-hydrogen) atoms. The van der Waals surface area contributed by atoms with E-state index in [1.165, 1.54) is 5.56 Å². The van der Waals surface area contributed by atoms with Crippen LogP contribution in [0.4, 0.5) is 23.1 Å². The third-order valence-corrected chi connectivity index (χ3v) is 4.34. The van der Waals surface area contributed by atoms with Gasteiger partial charge in [0.25, 0.3) is 0 Å². The Morgan fingerprint density at radius 1 is 1.00 bits per heavy atom. The first kappa shape index (κ1) is 17.4. The second-order valence-corrected chi connectivity index (χ2v) is 7.07. The van der Waals surface area contributed by atoms with E-state index in [1.54, 1.807) is 6.20 Å². The van der Waals surface area contributed by atoms with Gasteiger partial charge in [0, 0.05) is 15.8 Å². The van der Waals surface area contributed by atoms with Crippen molar-refractivity contribution >= 4 is 39.1 Å². The molecule has 3 rings (SSSR count). The predicted molar refractivity (Wildman–Crippen MR) is 106 cm³/mol. The number of benzene rings is 2. The molecule has 2 N–H and O–H groups in total. The van der Waals surface area contributed by atoms with Crippen LogP contribution in [0.15, 0.2) is 53.1 Å². The zero-order valence-corrected chi connectivity index (χ0v) is 16.0. The molecule has 0 saturated heterocycles. The van der Waals surface area contributed by atoms with Crippen LogP contribution >= 0.6 is 15.9 Å². The zero-order chi connectivity index (χ0) is 17.8. The Balaban J connectivity index is 1.75. The third kappa shape index (κ3) is 4.54. The fourth-order valence-electron chi connectivity index (χ4n) is 2.40. The maximum Gasteiger partial charge on any atom is 0.249 e. The van der Waals surface area contributed by atoms with Gasteiger partial charge >= 0.3 is 0 Å². The van der Waals surface area contributed by atoms with Crippen LogP contribution in [0.1, 0.15) is 30.9 Å². The molecule has 5 nitrogen and oxygen atoms in total. The number of hydrogen-bond acceptors (Lipinski definition) is 5. The first-order valence-corrected chi connectivity index (χ1v) is 8.90. The van der Waals surface area contributed by atoms with E-state index in [0.29, 0.717) is 17.7 Å². The Kier molecular flexibility index (Phi) is 5.28. The number of hydrogen-bond donors (Lipinski definition) is 2. The molecule has 0 spiro atoms. The van der Waals surface area contributed by atoms with Crippen molar-refractivity contribution in [3.8, 4) is 0 Å². The highest BCUT2D eigenvalue weighted by molar-refractivity contribution is 9.10. The third-order valence-electron chi connectivity index (χ3n) is 3.84. The average Bonchev–Trinajstić information content (AvgIpc) is 2.58. The van der Waals surface area contributed by atoms with Gasteiger partial charge in [-0.15, -0.1) is 5.10 Å². The Hall–Kier alpha value is -2.47. The number of aryl methyl sites for hydroxylation is 1. The molecule has 3 aromatic rings. The van der Waals surface area contributed by atoms with E-state index in [-0.39, 0.29) is 0 Å². The van der Waals surface area contributed by atoms with Crippen molar-refractivity contribution in [2.24, 2.45) is 0 Å². The maximum atomic E-state index is 4.48. The van der Waals surface area contributed by atoms with Crippen LogP contribution in [0.3, 0.4) is 0 Å². The predicted octanol–water partition coefficient (Wildman–Crippen LogP) is 5.55. The molecule has 0 amide bonds. The Labute approximate surface area is 156 Å². The standard InChI is InChI=1S/C19H20BrN5/c1-12(2)14-4-7-16(8-5-14)22-18-11-21-25-19(24-18)23-17-9-6-15(20)10-13(17)3/h4-12H,1-3H3,(H2,22,23,24,25). The SMILES string of the molecule is Cc1cc(Br)ccc1Nc1nncc(Nc2ccc(C(C)C)cc2)n1. The van der Waals surface area contributed by atoms with Gasteiger partial charge in [-0.1, -0.05) is 41.9 Å². The summed E-state index contributed by atoms with van der Waals surface area (Å²) in [5, 5.41) is 14.5. The topological polar surface area (TPSA) is 62.7 Å². The first-order valence-electron chi connectivity index (χ1n) is 8.11. The van der Waals surface area contributed by atoms with Crippen LogP contribution < -0.4 is 10.6 Å². The summed E-state index contributed by atoms with van der Waals surface area (Å²) in [6, 6.07) is 14.3. The number of halogens is 1. The molecule has 2 aromatic carbocycles. The van der Waals surface area contributed by atoms with Crippen LogP contribution in [0.5, 0.6) is 0 Å². The number of aromatic nitrogens is 3. The van der Waals surface area contributed by atoms with Gasteiger partial charge in [0.2, 0.25) is 5.95 Å². The fourth-order valence-corrected chi connectivity index (χ4v) is 2.88. The summed E-state index contributed by atoms with van der Waals surface area (Å²) in [5.41, 5.74) is 4.32. The van der Waals surface area contributed by atoms with Gasteiger partial charge in [-0.2, -0.15) is 10.1 Å². The number of rotatable bonds is 5. The van der Waals surface area contributed by atoms with Gasteiger partial charge in [-0.05, 0) is 54.3 Å². The maximum absolute atomic E-state index is 4.48. The summed E-state index contributed by atoms with van der Waals surface area (Å²) in [4.78, 5) is 4.48. The van der Waals surface area contributed by atoms with Crippen molar-refractivity contribution in [1.29, 1.82) is 0 Å². The van der Waals surface area contributed by atoms with Crippen molar-refractivity contribution in [2.45, 2.75) is 26.7 Å². The van der Waals surface area contributed by atoms with Gasteiger partial charge in [0.1, 0.15) is 0 Å². The fraction of sp³-hybridized carbons (Fsp3) is 0.211. The molecular formula is C19H20BrN5. The first-order chi connectivity index (χ1) is 12.0. The van der Waals surface area contributed by atoms with E-state index in [9.17, 15) is 0 Å². The lowest BCUT2D eigenvalue weighted by Crippen LogP contribution is -2.03. The quantitative estimate of drug-likeness (QED) is 0.590. The molecule has 1 heterocycles. The number of anilines is 4. The van der Waals surface area contributed by atoms with Crippen molar-refractivity contribution in [3.63, 3.8) is 0 Å². The highest BCUT2D eigenvalue weighted by Crippen LogP contribution is 2.23. The highest BCUT2D eigenvalue weighted by Gasteiger charge is 2.05. The van der Waals surface area contributed by atoms with Gasteiger partial charge in [-0.3, -0.25) is 0 Å². The van der Waals surface area contributed by atoms with Crippen molar-refractivity contribution in [1.82, 2.24) is 15.2 Å². The zero-order valence-electron chi connectivity index (χ0n) is 14.4. The monoisotopic (exact) mass is 397 g/mol. The molecule has 0 radical (unpaired) electrons. The lowest BCUT2D eigenvalue weighted by molar-refractivity contribution is 0.867. The summed E-state index contributed by atoms with van der Waals surface area (Å²) in [6.07, 6.45) is 1.61. The number of nitrogens with one attached hydrogen (secondary N) is 2. The smallest absolute Gasteiger partial charge is 0.249 e. The van der Waals surface area contributed by atoms with E-state index < -0.39 is 0 Å². The van der Waals surface area contributed by atoms with E-state index in [2.05, 4.69) is 67.7 Å². The molecule has 0 bridgehead atoms. The highest BCUT2D eigenvalue weighted by atomic mass is 79.9. The minimum absolute atomic E-state index is 0.453. The summed E-state index contributed by atoms with van der Waals surface area (Å²) >= 11 is 3.46. The molecule has 0 unspecified atom stereocenters. The van der Waals surface area contributed by atoms with Crippen LogP contribution in [0, 0.1) is 6.92 Å². The van der Waals surface area contributed by atoms with Crippen molar-refractivity contribution < 1.29 is 0 Å². The summed E-state index contributed by atoms with van der Waals surface area (Å²) < 4.78 is 1.04.